The maximum Gasteiger partial charge on any atom is 0.115 e. The molecule has 0 heterocycles. The molecule has 1 aromatic carbocycles. The molecule has 1 saturated carbocycles. The number of aromatic hydroxyl groups is 1. The first-order valence-corrected chi connectivity index (χ1v) is 7.80. The highest BCUT2D eigenvalue weighted by atomic mass is 16.3. The Morgan fingerprint density at radius 3 is 2.90 bits per heavy atom. The molecule has 0 bridgehead atoms. The Balaban J connectivity index is 1.79. The first-order chi connectivity index (χ1) is 9.59. The van der Waals surface area contributed by atoms with Gasteiger partial charge in [0.2, 0.25) is 0 Å². The number of benzene rings is 1. The van der Waals surface area contributed by atoms with Gasteiger partial charge in [0, 0.05) is 5.41 Å². The van der Waals surface area contributed by atoms with E-state index in [0.29, 0.717) is 17.6 Å². The van der Waals surface area contributed by atoms with Crippen LogP contribution < -0.4 is 0 Å². The number of phenols is 1. The van der Waals surface area contributed by atoms with Crippen molar-refractivity contribution in [2.24, 2.45) is 17.3 Å². The molecule has 20 heavy (non-hydrogen) atoms. The van der Waals surface area contributed by atoms with E-state index in [2.05, 4.69) is 19.1 Å². The van der Waals surface area contributed by atoms with Crippen LogP contribution in [0.4, 0.5) is 0 Å². The molecule has 0 saturated heterocycles. The van der Waals surface area contributed by atoms with Crippen molar-refractivity contribution in [2.75, 3.05) is 0 Å². The van der Waals surface area contributed by atoms with Gasteiger partial charge in [-0.05, 0) is 72.8 Å². The zero-order valence-corrected chi connectivity index (χ0v) is 12.0. The van der Waals surface area contributed by atoms with Gasteiger partial charge in [-0.3, -0.25) is 0 Å². The number of hydrogen-bond donors (Lipinski definition) is 2. The molecule has 0 amide bonds. The summed E-state index contributed by atoms with van der Waals surface area (Å²) >= 11 is 0. The number of aliphatic hydroxyl groups is 1. The fraction of sp³-hybridized carbons (Fsp3) is 0.556. The second kappa shape index (κ2) is 4.11. The topological polar surface area (TPSA) is 40.5 Å². The summed E-state index contributed by atoms with van der Waals surface area (Å²) in [6, 6.07) is 5.81. The molecule has 2 N–H and O–H groups in total. The Bertz CT molecular complexity index is 589. The van der Waals surface area contributed by atoms with Gasteiger partial charge >= 0.3 is 0 Å². The highest BCUT2D eigenvalue weighted by molar-refractivity contribution is 5.73. The third kappa shape index (κ3) is 1.54. The molecule has 2 heteroatoms. The molecule has 2 nitrogen and oxygen atoms in total. The average Bonchev–Trinajstić information content (AvgIpc) is 2.74. The number of fused-ring (bicyclic) bond motifs is 5. The van der Waals surface area contributed by atoms with Crippen molar-refractivity contribution in [1.29, 1.82) is 0 Å². The van der Waals surface area contributed by atoms with Crippen molar-refractivity contribution in [2.45, 2.75) is 45.1 Å². The maximum absolute atomic E-state index is 10.3. The van der Waals surface area contributed by atoms with E-state index in [0.717, 1.165) is 32.1 Å². The summed E-state index contributed by atoms with van der Waals surface area (Å²) < 4.78 is 0. The molecule has 3 aliphatic rings. The molecule has 1 aromatic rings. The van der Waals surface area contributed by atoms with Crippen LogP contribution in [0.15, 0.2) is 24.3 Å². The van der Waals surface area contributed by atoms with Gasteiger partial charge in [0.1, 0.15) is 5.75 Å². The van der Waals surface area contributed by atoms with Crippen molar-refractivity contribution in [1.82, 2.24) is 0 Å². The van der Waals surface area contributed by atoms with Crippen LogP contribution in [0.25, 0.3) is 5.57 Å². The van der Waals surface area contributed by atoms with Gasteiger partial charge in [-0.1, -0.05) is 19.1 Å². The third-order valence-electron chi connectivity index (χ3n) is 6.13. The normalized spacial score (nSPS) is 38.7. The van der Waals surface area contributed by atoms with Crippen molar-refractivity contribution in [3.8, 4) is 5.75 Å². The summed E-state index contributed by atoms with van der Waals surface area (Å²) in [6.07, 6.45) is 7.56. The Labute approximate surface area is 120 Å². The van der Waals surface area contributed by atoms with E-state index in [9.17, 15) is 10.2 Å². The smallest absolute Gasteiger partial charge is 0.115 e. The standard InChI is InChI=1S/C18H22O2/c1-18-9-8-14-13-5-3-12(19)10-11(13)2-4-15(14)16(18)6-7-17(18)20/h3,5,8,10,15-17,19-20H,2,4,6-7,9H2,1H3. The Morgan fingerprint density at radius 2 is 2.05 bits per heavy atom. The lowest BCUT2D eigenvalue weighted by atomic mass is 9.60. The predicted molar refractivity (Wildman–Crippen MR) is 79.3 cm³/mol. The fourth-order valence-corrected chi connectivity index (χ4v) is 4.94. The van der Waals surface area contributed by atoms with Crippen LogP contribution in [0.1, 0.15) is 43.7 Å². The highest BCUT2D eigenvalue weighted by Gasteiger charge is 2.51. The number of rotatable bonds is 0. The SMILES string of the molecule is CC12CC=C3c4ccc(O)cc4CCC3C1CCC2O. The van der Waals surface area contributed by atoms with Gasteiger partial charge in [0.05, 0.1) is 6.10 Å². The van der Waals surface area contributed by atoms with Crippen LogP contribution in [0, 0.1) is 17.3 Å². The molecule has 106 valence electrons. The van der Waals surface area contributed by atoms with Crippen LogP contribution in [-0.4, -0.2) is 16.3 Å². The zero-order valence-electron chi connectivity index (χ0n) is 12.0. The van der Waals surface area contributed by atoms with Crippen molar-refractivity contribution < 1.29 is 10.2 Å². The van der Waals surface area contributed by atoms with Gasteiger partial charge in [-0.2, -0.15) is 0 Å². The minimum absolute atomic E-state index is 0.0859. The predicted octanol–water partition coefficient (Wildman–Crippen LogP) is 3.52. The summed E-state index contributed by atoms with van der Waals surface area (Å²) in [4.78, 5) is 0. The fourth-order valence-electron chi connectivity index (χ4n) is 4.94. The van der Waals surface area contributed by atoms with E-state index >= 15 is 0 Å². The average molecular weight is 270 g/mol. The van der Waals surface area contributed by atoms with Crippen molar-refractivity contribution in [3.05, 3.63) is 35.4 Å². The lowest BCUT2D eigenvalue weighted by Gasteiger charge is -2.45. The first-order valence-electron chi connectivity index (χ1n) is 7.80. The van der Waals surface area contributed by atoms with Crippen molar-refractivity contribution in [3.63, 3.8) is 0 Å². The molecule has 1 fully saturated rings. The van der Waals surface area contributed by atoms with E-state index in [-0.39, 0.29) is 11.5 Å². The van der Waals surface area contributed by atoms with E-state index < -0.39 is 0 Å². The first kappa shape index (κ1) is 12.5. The van der Waals surface area contributed by atoms with Gasteiger partial charge in [0.15, 0.2) is 0 Å². The molecule has 0 radical (unpaired) electrons. The molecule has 3 aliphatic carbocycles. The zero-order chi connectivity index (χ0) is 13.9. The molecule has 0 aliphatic heterocycles. The van der Waals surface area contributed by atoms with Crippen LogP contribution in [0.3, 0.4) is 0 Å². The summed E-state index contributed by atoms with van der Waals surface area (Å²) in [5.41, 5.74) is 4.18. The Morgan fingerprint density at radius 1 is 1.20 bits per heavy atom. The van der Waals surface area contributed by atoms with E-state index in [4.69, 9.17) is 0 Å². The van der Waals surface area contributed by atoms with Crippen molar-refractivity contribution >= 4 is 5.57 Å². The maximum atomic E-state index is 10.3. The van der Waals surface area contributed by atoms with Gasteiger partial charge in [0.25, 0.3) is 0 Å². The van der Waals surface area contributed by atoms with Crippen LogP contribution >= 0.6 is 0 Å². The molecule has 0 aromatic heterocycles. The number of aliphatic hydroxyl groups excluding tert-OH is 1. The quantitative estimate of drug-likeness (QED) is 0.757. The van der Waals surface area contributed by atoms with Crippen LogP contribution in [0.2, 0.25) is 0 Å². The molecular formula is C18H22O2. The third-order valence-corrected chi connectivity index (χ3v) is 6.13. The lowest BCUT2D eigenvalue weighted by molar-refractivity contribution is 0.0251. The monoisotopic (exact) mass is 270 g/mol. The Hall–Kier alpha value is -1.28. The summed E-state index contributed by atoms with van der Waals surface area (Å²) in [6.45, 7) is 2.27. The lowest BCUT2D eigenvalue weighted by Crippen LogP contribution is -2.39. The molecule has 4 atom stereocenters. The molecule has 4 rings (SSSR count). The summed E-state index contributed by atoms with van der Waals surface area (Å²) in [7, 11) is 0. The van der Waals surface area contributed by atoms with E-state index in [1.807, 2.05) is 6.07 Å². The Kier molecular flexibility index (Phi) is 2.56. The summed E-state index contributed by atoms with van der Waals surface area (Å²) in [5.74, 6) is 1.60. The summed E-state index contributed by atoms with van der Waals surface area (Å²) in [5, 5.41) is 20.0. The highest BCUT2D eigenvalue weighted by Crippen LogP contribution is 2.58. The van der Waals surface area contributed by atoms with Gasteiger partial charge in [-0.25, -0.2) is 0 Å². The molecule has 4 unspecified atom stereocenters. The largest absolute Gasteiger partial charge is 0.508 e. The molecule has 0 spiro atoms. The van der Waals surface area contributed by atoms with E-state index in [1.54, 1.807) is 6.07 Å². The number of hydrogen-bond acceptors (Lipinski definition) is 2. The number of phenolic OH excluding ortho intramolecular Hbond substituents is 1. The number of allylic oxidation sites excluding steroid dienone is 2. The van der Waals surface area contributed by atoms with E-state index in [1.165, 1.54) is 16.7 Å². The number of aryl methyl sites for hydroxylation is 1. The van der Waals surface area contributed by atoms with Crippen LogP contribution in [-0.2, 0) is 6.42 Å². The van der Waals surface area contributed by atoms with Crippen LogP contribution in [0.5, 0.6) is 5.75 Å². The minimum Gasteiger partial charge on any atom is -0.508 e. The molecular weight excluding hydrogens is 248 g/mol. The minimum atomic E-state index is -0.133. The second-order valence-corrected chi connectivity index (χ2v) is 7.06. The second-order valence-electron chi connectivity index (χ2n) is 7.06. The van der Waals surface area contributed by atoms with Gasteiger partial charge in [-0.15, -0.1) is 0 Å². The van der Waals surface area contributed by atoms with Gasteiger partial charge < -0.3 is 10.2 Å².